The molecule has 3 N–H and O–H groups in total. The summed E-state index contributed by atoms with van der Waals surface area (Å²) in [7, 11) is 2.13. The number of hydrogen-bond donors (Lipinski definition) is 3. The summed E-state index contributed by atoms with van der Waals surface area (Å²) < 4.78 is 2.03. The number of aryl methyl sites for hydroxylation is 1. The first-order valence-electron chi connectivity index (χ1n) is 15.2. The highest BCUT2D eigenvalue weighted by Crippen LogP contribution is 2.61. The van der Waals surface area contributed by atoms with Crippen LogP contribution in [-0.2, 0) is 19.6 Å². The SMILES string of the molecule is CCCCc1nc(Cl)c(CO)n1Cc1ccc(-c2ccccc2-c2nn[nH]n2)cc1.CNC1(C)[C@H]2CC[C@H](C2)C1(C)C. The predicted octanol–water partition coefficient (Wildman–Crippen LogP) is 6.69. The van der Waals surface area contributed by atoms with E-state index < -0.39 is 0 Å². The van der Waals surface area contributed by atoms with E-state index >= 15 is 0 Å². The summed E-state index contributed by atoms with van der Waals surface area (Å²) >= 11 is 6.26. The lowest BCUT2D eigenvalue weighted by Gasteiger charge is -2.47. The minimum Gasteiger partial charge on any atom is -0.390 e. The number of aliphatic hydroxyl groups is 1. The lowest BCUT2D eigenvalue weighted by Crippen LogP contribution is -2.55. The van der Waals surface area contributed by atoms with E-state index in [4.69, 9.17) is 11.6 Å². The highest BCUT2D eigenvalue weighted by molar-refractivity contribution is 6.30. The van der Waals surface area contributed by atoms with Crippen LogP contribution in [0.2, 0.25) is 5.15 Å². The molecule has 8 nitrogen and oxygen atoms in total. The van der Waals surface area contributed by atoms with Crippen LogP contribution in [0.25, 0.3) is 22.5 Å². The number of H-pyrrole nitrogens is 1. The van der Waals surface area contributed by atoms with E-state index in [1.165, 1.54) is 19.3 Å². The molecule has 9 heteroatoms. The molecule has 1 unspecified atom stereocenters. The van der Waals surface area contributed by atoms with Gasteiger partial charge in [-0.2, -0.15) is 5.21 Å². The van der Waals surface area contributed by atoms with Crippen molar-refractivity contribution in [1.29, 1.82) is 0 Å². The van der Waals surface area contributed by atoms with Gasteiger partial charge >= 0.3 is 0 Å². The molecule has 2 heterocycles. The fourth-order valence-electron chi connectivity index (χ4n) is 7.18. The van der Waals surface area contributed by atoms with Crippen molar-refractivity contribution in [2.45, 2.75) is 84.9 Å². The number of hydrogen-bond acceptors (Lipinski definition) is 6. The van der Waals surface area contributed by atoms with Gasteiger partial charge < -0.3 is 15.0 Å². The van der Waals surface area contributed by atoms with Crippen molar-refractivity contribution in [3.8, 4) is 22.5 Å². The summed E-state index contributed by atoms with van der Waals surface area (Å²) in [5.74, 6) is 3.38. The predicted molar refractivity (Wildman–Crippen MR) is 168 cm³/mol. The number of aromatic nitrogens is 6. The molecule has 2 bridgehead atoms. The number of rotatable bonds is 9. The second kappa shape index (κ2) is 12.7. The van der Waals surface area contributed by atoms with Gasteiger partial charge in [-0.1, -0.05) is 87.3 Å². The zero-order valence-corrected chi connectivity index (χ0v) is 26.2. The van der Waals surface area contributed by atoms with Gasteiger partial charge in [-0.15, -0.1) is 10.2 Å². The van der Waals surface area contributed by atoms with Crippen molar-refractivity contribution in [3.05, 3.63) is 70.8 Å². The molecule has 0 amide bonds. The maximum atomic E-state index is 9.77. The fourth-order valence-corrected chi connectivity index (χ4v) is 7.44. The van der Waals surface area contributed by atoms with Gasteiger partial charge in [-0.3, -0.25) is 0 Å². The molecule has 0 radical (unpaired) electrons. The number of nitrogens with one attached hydrogen (secondary N) is 2. The molecule has 224 valence electrons. The monoisotopic (exact) mass is 589 g/mol. The summed E-state index contributed by atoms with van der Waals surface area (Å²) in [5.41, 5.74) is 5.70. The third kappa shape index (κ3) is 5.64. The number of unbranched alkanes of at least 4 members (excludes halogenated alkanes) is 1. The molecule has 2 aromatic heterocycles. The molecule has 4 aromatic rings. The summed E-state index contributed by atoms with van der Waals surface area (Å²) in [6, 6.07) is 16.3. The average Bonchev–Trinajstić information content (AvgIpc) is 3.80. The van der Waals surface area contributed by atoms with Gasteiger partial charge in [0, 0.05) is 24.1 Å². The first-order valence-corrected chi connectivity index (χ1v) is 15.6. The molecule has 2 aliphatic carbocycles. The van der Waals surface area contributed by atoms with Crippen LogP contribution in [0.15, 0.2) is 48.5 Å². The van der Waals surface area contributed by atoms with Crippen molar-refractivity contribution >= 4 is 11.6 Å². The Hall–Kier alpha value is -3.07. The largest absolute Gasteiger partial charge is 0.390 e. The van der Waals surface area contributed by atoms with Crippen LogP contribution < -0.4 is 5.32 Å². The average molecular weight is 590 g/mol. The highest BCUT2D eigenvalue weighted by Gasteiger charge is 2.59. The Morgan fingerprint density at radius 1 is 1.05 bits per heavy atom. The smallest absolute Gasteiger partial charge is 0.205 e. The Labute approximate surface area is 254 Å². The quantitative estimate of drug-likeness (QED) is 0.201. The van der Waals surface area contributed by atoms with Crippen LogP contribution in [0.4, 0.5) is 0 Å². The van der Waals surface area contributed by atoms with E-state index in [1.54, 1.807) is 0 Å². The molecule has 42 heavy (non-hydrogen) atoms. The second-order valence-corrected chi connectivity index (χ2v) is 12.8. The van der Waals surface area contributed by atoms with Gasteiger partial charge in [-0.05, 0) is 78.8 Å². The number of halogens is 1. The Balaban J connectivity index is 0.000000244. The van der Waals surface area contributed by atoms with Gasteiger partial charge in [0.25, 0.3) is 0 Å². The molecular formula is C33H44ClN7O. The number of tetrazole rings is 1. The van der Waals surface area contributed by atoms with Gasteiger partial charge in [0.1, 0.15) is 5.82 Å². The number of fused-ring (bicyclic) bond motifs is 2. The first kappa shape index (κ1) is 30.4. The lowest BCUT2D eigenvalue weighted by atomic mass is 9.64. The molecule has 2 aliphatic rings. The number of imidazole rings is 1. The zero-order chi connectivity index (χ0) is 29.9. The standard InChI is InChI=1S/C22H23ClN6O.C11H21N/c1-2-3-8-20-24-21(23)19(14-30)29(20)13-15-9-11-16(12-10-15)17-6-4-5-7-18(17)22-25-27-28-26-22;1-10(2)8-5-6-9(7-8)11(10,3)12-4/h4-7,9-12,30H,2-3,8,13-14H2,1H3,(H,25,26,27,28);8-9,12H,5-7H2,1-4H3/t;8-,9+,11?/m.1/s1. The minimum absolute atomic E-state index is 0.131. The molecule has 2 saturated carbocycles. The normalized spacial score (nSPS) is 22.3. The highest BCUT2D eigenvalue weighted by atomic mass is 35.5. The van der Waals surface area contributed by atoms with Gasteiger partial charge in [0.15, 0.2) is 5.15 Å². The summed E-state index contributed by atoms with van der Waals surface area (Å²) in [6.07, 6.45) is 7.33. The van der Waals surface area contributed by atoms with Crippen molar-refractivity contribution < 1.29 is 5.11 Å². The molecule has 6 rings (SSSR count). The maximum absolute atomic E-state index is 9.77. The maximum Gasteiger partial charge on any atom is 0.205 e. The van der Waals surface area contributed by atoms with Crippen molar-refractivity contribution in [3.63, 3.8) is 0 Å². The van der Waals surface area contributed by atoms with E-state index in [-0.39, 0.29) is 6.61 Å². The van der Waals surface area contributed by atoms with Crippen molar-refractivity contribution in [2.24, 2.45) is 17.3 Å². The number of aliphatic hydroxyl groups excluding tert-OH is 1. The van der Waals surface area contributed by atoms with E-state index in [1.807, 2.05) is 28.8 Å². The third-order valence-corrected chi connectivity index (χ3v) is 10.6. The van der Waals surface area contributed by atoms with Gasteiger partial charge in [-0.25, -0.2) is 4.98 Å². The molecule has 0 aliphatic heterocycles. The number of aromatic amines is 1. The second-order valence-electron chi connectivity index (χ2n) is 12.5. The molecule has 2 fully saturated rings. The number of nitrogens with zero attached hydrogens (tertiary/aromatic N) is 5. The van der Waals surface area contributed by atoms with Crippen LogP contribution in [0.3, 0.4) is 0 Å². The summed E-state index contributed by atoms with van der Waals surface area (Å²) in [6.45, 7) is 9.92. The van der Waals surface area contributed by atoms with Crippen LogP contribution in [0.5, 0.6) is 0 Å². The van der Waals surface area contributed by atoms with Crippen molar-refractivity contribution in [1.82, 2.24) is 35.5 Å². The van der Waals surface area contributed by atoms with Gasteiger partial charge in [0.05, 0.1) is 12.3 Å². The molecule has 3 atom stereocenters. The zero-order valence-electron chi connectivity index (χ0n) is 25.5. The molecule has 2 aromatic carbocycles. The summed E-state index contributed by atoms with van der Waals surface area (Å²) in [4.78, 5) is 4.47. The Kier molecular flexibility index (Phi) is 9.16. The minimum atomic E-state index is -0.131. The Morgan fingerprint density at radius 3 is 2.33 bits per heavy atom. The van der Waals surface area contributed by atoms with Gasteiger partial charge in [0.2, 0.25) is 5.82 Å². The van der Waals surface area contributed by atoms with E-state index in [2.05, 4.69) is 89.9 Å². The van der Waals surface area contributed by atoms with Crippen LogP contribution >= 0.6 is 11.6 Å². The van der Waals surface area contributed by atoms with Crippen molar-refractivity contribution in [2.75, 3.05) is 7.05 Å². The Morgan fingerprint density at radius 2 is 1.76 bits per heavy atom. The van der Waals surface area contributed by atoms with Crippen LogP contribution in [0, 0.1) is 17.3 Å². The molecule has 0 saturated heterocycles. The third-order valence-electron chi connectivity index (χ3n) is 10.3. The fraction of sp³-hybridized carbons (Fsp3) is 0.515. The summed E-state index contributed by atoms with van der Waals surface area (Å²) in [5, 5.41) is 28.1. The molecule has 0 spiro atoms. The molecular weight excluding hydrogens is 546 g/mol. The number of benzene rings is 2. The van der Waals surface area contributed by atoms with E-state index in [0.717, 1.165) is 59.2 Å². The van der Waals surface area contributed by atoms with Crippen LogP contribution in [-0.4, -0.2) is 47.9 Å². The Bertz CT molecular complexity index is 1460. The lowest BCUT2D eigenvalue weighted by molar-refractivity contribution is 0.0732. The first-order chi connectivity index (χ1) is 20.2. The topological polar surface area (TPSA) is 105 Å². The van der Waals surface area contributed by atoms with E-state index in [0.29, 0.717) is 34.2 Å². The van der Waals surface area contributed by atoms with E-state index in [9.17, 15) is 5.11 Å². The van der Waals surface area contributed by atoms with Crippen LogP contribution in [0.1, 0.15) is 76.9 Å².